The molecule has 3 saturated heterocycles. The number of fused-ring (bicyclic) bond motifs is 4. The van der Waals surface area contributed by atoms with Crippen molar-refractivity contribution in [2.45, 2.75) is 25.8 Å². The highest BCUT2D eigenvalue weighted by molar-refractivity contribution is 7.13. The van der Waals surface area contributed by atoms with E-state index in [9.17, 15) is 4.79 Å². The molecule has 2 aromatic rings. The van der Waals surface area contributed by atoms with Crippen molar-refractivity contribution in [3.63, 3.8) is 0 Å². The fraction of sp³-hybridized carbons (Fsp3) is 0.529. The number of hydrogen-bond acceptors (Lipinski definition) is 5. The van der Waals surface area contributed by atoms with E-state index in [0.717, 1.165) is 22.4 Å². The number of amides is 1. The van der Waals surface area contributed by atoms with Crippen LogP contribution in [0.2, 0.25) is 0 Å². The molecule has 0 unspecified atom stereocenters. The van der Waals surface area contributed by atoms with E-state index in [0.29, 0.717) is 18.2 Å². The van der Waals surface area contributed by atoms with Gasteiger partial charge in [0.15, 0.2) is 0 Å². The van der Waals surface area contributed by atoms with Gasteiger partial charge in [-0.15, -0.1) is 0 Å². The van der Waals surface area contributed by atoms with E-state index in [4.69, 9.17) is 4.74 Å². The molecule has 5 rings (SSSR count). The molecule has 2 bridgehead atoms. The quantitative estimate of drug-likeness (QED) is 0.935. The Kier molecular flexibility index (Phi) is 3.95. The fourth-order valence-corrected chi connectivity index (χ4v) is 4.51. The average molecular weight is 331 g/mol. The Morgan fingerprint density at radius 1 is 1.43 bits per heavy atom. The van der Waals surface area contributed by atoms with Crippen molar-refractivity contribution >= 4 is 27.5 Å². The van der Waals surface area contributed by atoms with Crippen molar-refractivity contribution in [1.82, 2.24) is 14.6 Å². The lowest BCUT2D eigenvalue weighted by atomic mass is 9.84. The van der Waals surface area contributed by atoms with E-state index in [2.05, 4.69) is 14.6 Å². The summed E-state index contributed by atoms with van der Waals surface area (Å²) >= 11 is 1.36. The monoisotopic (exact) mass is 331 g/mol. The Labute approximate surface area is 139 Å². The number of carbonyl (C=O) groups excluding carboxylic acids is 1. The highest BCUT2D eigenvalue weighted by Crippen LogP contribution is 2.29. The predicted octanol–water partition coefficient (Wildman–Crippen LogP) is 2.52. The van der Waals surface area contributed by atoms with Crippen LogP contribution in [0, 0.1) is 5.92 Å². The largest absolute Gasteiger partial charge is 0.494 e. The van der Waals surface area contributed by atoms with Crippen LogP contribution in [0.3, 0.4) is 0 Å². The number of nitrogens with one attached hydrogen (secondary N) is 1. The second-order valence-corrected chi connectivity index (χ2v) is 7.15. The summed E-state index contributed by atoms with van der Waals surface area (Å²) in [6, 6.07) is 6.08. The summed E-state index contributed by atoms with van der Waals surface area (Å²) < 4.78 is 10.9. The van der Waals surface area contributed by atoms with Gasteiger partial charge in [-0.25, -0.2) is 0 Å². The van der Waals surface area contributed by atoms with Gasteiger partial charge < -0.3 is 15.0 Å². The van der Waals surface area contributed by atoms with E-state index in [1.54, 1.807) is 0 Å². The molecular weight excluding hydrogens is 310 g/mol. The molecule has 0 spiro atoms. The number of aromatic nitrogens is 1. The van der Waals surface area contributed by atoms with Gasteiger partial charge in [0.05, 0.1) is 11.3 Å². The van der Waals surface area contributed by atoms with Crippen LogP contribution in [-0.4, -0.2) is 47.5 Å². The summed E-state index contributed by atoms with van der Waals surface area (Å²) in [5.41, 5.74) is 0.546. The molecule has 1 N–H and O–H groups in total. The number of ether oxygens (including phenoxy) is 1. The Morgan fingerprint density at radius 2 is 2.26 bits per heavy atom. The second kappa shape index (κ2) is 6.09. The minimum atomic E-state index is -0.0424. The predicted molar refractivity (Wildman–Crippen MR) is 91.2 cm³/mol. The fourth-order valence-electron chi connectivity index (χ4n) is 3.70. The molecular formula is C17H21N3O2S. The Hall–Kier alpha value is -1.66. The smallest absolute Gasteiger partial charge is 0.271 e. The molecule has 1 atom stereocenters. The van der Waals surface area contributed by atoms with Crippen LogP contribution < -0.4 is 10.1 Å². The molecule has 3 aliphatic rings. The molecule has 6 heteroatoms. The van der Waals surface area contributed by atoms with Gasteiger partial charge in [0, 0.05) is 18.0 Å². The zero-order chi connectivity index (χ0) is 15.8. The summed E-state index contributed by atoms with van der Waals surface area (Å²) in [4.78, 5) is 15.1. The Morgan fingerprint density at radius 3 is 2.96 bits per heavy atom. The zero-order valence-electron chi connectivity index (χ0n) is 13.2. The third-order valence-corrected chi connectivity index (χ3v) is 5.75. The van der Waals surface area contributed by atoms with Crippen molar-refractivity contribution in [2.75, 3.05) is 26.2 Å². The highest BCUT2D eigenvalue weighted by atomic mass is 32.1. The van der Waals surface area contributed by atoms with Crippen LogP contribution in [0.5, 0.6) is 5.75 Å². The lowest BCUT2D eigenvalue weighted by Crippen LogP contribution is -2.57. The van der Waals surface area contributed by atoms with Gasteiger partial charge >= 0.3 is 0 Å². The molecule has 1 aromatic carbocycles. The van der Waals surface area contributed by atoms with Gasteiger partial charge in [-0.05, 0) is 68.5 Å². The first kappa shape index (κ1) is 14.9. The minimum absolute atomic E-state index is 0.0424. The van der Waals surface area contributed by atoms with Crippen molar-refractivity contribution in [3.05, 3.63) is 23.9 Å². The van der Waals surface area contributed by atoms with Crippen LogP contribution >= 0.6 is 11.5 Å². The standard InChI is InChI=1S/C17H21N3O2S/c1-2-22-12-3-4-13-15(9-12)23-19-16(13)17(21)18-14-10-20-7-5-11(14)6-8-20/h3-4,9,11,14H,2,5-8,10H2,1H3,(H,18,21)/t14-/m0/s1. The molecule has 1 aromatic heterocycles. The number of rotatable bonds is 4. The molecule has 1 amide bonds. The van der Waals surface area contributed by atoms with Gasteiger partial charge in [0.2, 0.25) is 0 Å². The maximum absolute atomic E-state index is 12.7. The lowest BCUT2D eigenvalue weighted by Gasteiger charge is -2.44. The normalized spacial score (nSPS) is 26.4. The zero-order valence-corrected chi connectivity index (χ0v) is 14.1. The molecule has 3 fully saturated rings. The molecule has 5 nitrogen and oxygen atoms in total. The summed E-state index contributed by atoms with van der Waals surface area (Å²) in [5.74, 6) is 1.41. The van der Waals surface area contributed by atoms with E-state index in [1.807, 2.05) is 25.1 Å². The molecule has 122 valence electrons. The average Bonchev–Trinajstić information content (AvgIpc) is 2.99. The summed E-state index contributed by atoms with van der Waals surface area (Å²) in [6.07, 6.45) is 2.39. The van der Waals surface area contributed by atoms with Crippen LogP contribution in [0.25, 0.3) is 10.1 Å². The van der Waals surface area contributed by atoms with Crippen molar-refractivity contribution in [1.29, 1.82) is 0 Å². The molecule has 0 radical (unpaired) electrons. The molecule has 23 heavy (non-hydrogen) atoms. The van der Waals surface area contributed by atoms with Gasteiger partial charge in [-0.3, -0.25) is 4.79 Å². The number of carbonyl (C=O) groups is 1. The van der Waals surface area contributed by atoms with Crippen LogP contribution in [0.1, 0.15) is 30.3 Å². The van der Waals surface area contributed by atoms with Gasteiger partial charge in [-0.2, -0.15) is 4.37 Å². The summed E-state index contributed by atoms with van der Waals surface area (Å²) in [5, 5.41) is 4.13. The maximum atomic E-state index is 12.7. The highest BCUT2D eigenvalue weighted by Gasteiger charge is 2.35. The number of nitrogens with zero attached hydrogens (tertiary/aromatic N) is 2. The number of hydrogen-bond donors (Lipinski definition) is 1. The molecule has 4 heterocycles. The van der Waals surface area contributed by atoms with Crippen molar-refractivity contribution in [2.24, 2.45) is 5.92 Å². The van der Waals surface area contributed by atoms with E-state index < -0.39 is 0 Å². The van der Waals surface area contributed by atoms with Gasteiger partial charge in [-0.1, -0.05) is 0 Å². The van der Waals surface area contributed by atoms with Crippen molar-refractivity contribution < 1.29 is 9.53 Å². The lowest BCUT2D eigenvalue weighted by molar-refractivity contribution is 0.0619. The number of benzene rings is 1. The van der Waals surface area contributed by atoms with E-state index >= 15 is 0 Å². The van der Waals surface area contributed by atoms with E-state index in [-0.39, 0.29) is 11.9 Å². The number of piperidine rings is 3. The van der Waals surface area contributed by atoms with E-state index in [1.165, 1.54) is 37.5 Å². The SMILES string of the molecule is CCOc1ccc2c(C(=O)N[C@H]3CN4CCC3CC4)nsc2c1. The molecule has 0 aliphatic carbocycles. The Balaban J connectivity index is 1.53. The third-order valence-electron chi connectivity index (χ3n) is 4.94. The van der Waals surface area contributed by atoms with Gasteiger partial charge in [0.25, 0.3) is 5.91 Å². The van der Waals surface area contributed by atoms with Crippen molar-refractivity contribution in [3.8, 4) is 5.75 Å². The first-order chi connectivity index (χ1) is 11.2. The summed E-state index contributed by atoms with van der Waals surface area (Å²) in [7, 11) is 0. The maximum Gasteiger partial charge on any atom is 0.271 e. The van der Waals surface area contributed by atoms with Gasteiger partial charge in [0.1, 0.15) is 11.4 Å². The topological polar surface area (TPSA) is 54.5 Å². The molecule has 3 aliphatic heterocycles. The first-order valence-electron chi connectivity index (χ1n) is 8.30. The molecule has 0 saturated carbocycles. The second-order valence-electron chi connectivity index (χ2n) is 6.34. The third kappa shape index (κ3) is 2.81. The summed E-state index contributed by atoms with van der Waals surface area (Å²) in [6.45, 7) is 5.93. The minimum Gasteiger partial charge on any atom is -0.494 e. The van der Waals surface area contributed by atoms with Crippen LogP contribution in [0.15, 0.2) is 18.2 Å². The van der Waals surface area contributed by atoms with Crippen LogP contribution in [0.4, 0.5) is 0 Å². The van der Waals surface area contributed by atoms with Crippen LogP contribution in [-0.2, 0) is 0 Å². The Bertz CT molecular complexity index is 722. The first-order valence-corrected chi connectivity index (χ1v) is 9.07.